The van der Waals surface area contributed by atoms with Crippen LogP contribution in [0.4, 0.5) is 20.7 Å². The van der Waals surface area contributed by atoms with Crippen molar-refractivity contribution in [2.24, 2.45) is 0 Å². The van der Waals surface area contributed by atoms with Crippen LogP contribution in [0.15, 0.2) is 55.0 Å². The predicted molar refractivity (Wildman–Crippen MR) is 119 cm³/mol. The average Bonchev–Trinajstić information content (AvgIpc) is 2.79. The molecule has 0 radical (unpaired) electrons. The van der Waals surface area contributed by atoms with Crippen molar-refractivity contribution in [3.63, 3.8) is 0 Å². The van der Waals surface area contributed by atoms with E-state index >= 15 is 0 Å². The Hall–Kier alpha value is -4.05. The molecule has 10 heteroatoms. The maximum atomic E-state index is 13.2. The normalized spacial score (nSPS) is 11.5. The molecule has 1 aromatic carbocycles. The minimum Gasteiger partial charge on any atom is -0.495 e. The summed E-state index contributed by atoms with van der Waals surface area (Å²) >= 11 is 0. The van der Waals surface area contributed by atoms with Gasteiger partial charge in [0.05, 0.1) is 31.7 Å². The topological polar surface area (TPSA) is 135 Å². The lowest BCUT2D eigenvalue weighted by molar-refractivity contribution is 0.168. The largest absolute Gasteiger partial charge is 0.495 e. The molecule has 1 atom stereocenters. The highest BCUT2D eigenvalue weighted by Gasteiger charge is 2.16. The molecule has 2 aromatic heterocycles. The van der Waals surface area contributed by atoms with Crippen LogP contribution in [0.2, 0.25) is 0 Å². The monoisotopic (exact) mass is 438 g/mol. The number of hydrogen-bond donors (Lipinski definition) is 4. The summed E-state index contributed by atoms with van der Waals surface area (Å²) in [5.41, 5.74) is 8.06. The van der Waals surface area contributed by atoms with Gasteiger partial charge in [0.25, 0.3) is 0 Å². The van der Waals surface area contributed by atoms with Gasteiger partial charge in [-0.25, -0.2) is 14.2 Å². The Kier molecular flexibility index (Phi) is 7.29. The fourth-order valence-electron chi connectivity index (χ4n) is 2.96. The number of benzene rings is 1. The molecule has 5 N–H and O–H groups in total. The van der Waals surface area contributed by atoms with Gasteiger partial charge in [-0.15, -0.1) is 0 Å². The lowest BCUT2D eigenvalue weighted by atomic mass is 10.0. The van der Waals surface area contributed by atoms with E-state index in [2.05, 4.69) is 20.6 Å². The number of carbonyl (C=O) groups is 1. The van der Waals surface area contributed by atoms with Crippen LogP contribution in [0.25, 0.3) is 0 Å². The van der Waals surface area contributed by atoms with Crippen LogP contribution in [0.1, 0.15) is 22.7 Å². The number of hydrogen-bond acceptors (Lipinski definition) is 7. The molecule has 0 saturated heterocycles. The fraction of sp³-hybridized carbons (Fsp3) is 0.182. The SMILES string of the molecule is COCC(NC(=O)Nc1cc(N)c(C(=N)c2cncc(OC)c2)cn1)c1ccc(F)cc1. The lowest BCUT2D eigenvalue weighted by Gasteiger charge is -2.19. The van der Waals surface area contributed by atoms with E-state index < -0.39 is 12.1 Å². The summed E-state index contributed by atoms with van der Waals surface area (Å²) in [6.07, 6.45) is 4.46. The Morgan fingerprint density at radius 2 is 1.94 bits per heavy atom. The van der Waals surface area contributed by atoms with Gasteiger partial charge in [-0.2, -0.15) is 0 Å². The van der Waals surface area contributed by atoms with Crippen molar-refractivity contribution in [1.82, 2.24) is 15.3 Å². The summed E-state index contributed by atoms with van der Waals surface area (Å²) < 4.78 is 23.5. The van der Waals surface area contributed by atoms with Crippen molar-refractivity contribution in [1.29, 1.82) is 5.41 Å². The molecule has 9 nitrogen and oxygen atoms in total. The minimum atomic E-state index is -0.539. The molecule has 32 heavy (non-hydrogen) atoms. The van der Waals surface area contributed by atoms with E-state index in [1.165, 1.54) is 51.0 Å². The van der Waals surface area contributed by atoms with Crippen molar-refractivity contribution in [3.8, 4) is 5.75 Å². The number of amides is 2. The standard InChI is InChI=1S/C22H23FN6O3/c1-31-12-19(13-3-5-15(23)6-4-13)28-22(30)29-20-8-18(24)17(11-27-20)21(25)14-7-16(32-2)10-26-9-14/h3-11,19,25H,12H2,1-2H3,(H4,24,27,28,29,30). The second-order valence-electron chi connectivity index (χ2n) is 6.80. The number of urea groups is 1. The first-order chi connectivity index (χ1) is 15.4. The first kappa shape index (κ1) is 22.6. The van der Waals surface area contributed by atoms with Gasteiger partial charge < -0.3 is 20.5 Å². The number of nitrogens with two attached hydrogens (primary N) is 1. The number of nitrogens with zero attached hydrogens (tertiary/aromatic N) is 2. The maximum Gasteiger partial charge on any atom is 0.320 e. The first-order valence-electron chi connectivity index (χ1n) is 9.57. The number of methoxy groups -OCH3 is 2. The average molecular weight is 438 g/mol. The lowest BCUT2D eigenvalue weighted by Crippen LogP contribution is -2.35. The Morgan fingerprint density at radius 1 is 1.19 bits per heavy atom. The number of carbonyl (C=O) groups excluding carboxylic acids is 1. The highest BCUT2D eigenvalue weighted by atomic mass is 19.1. The van der Waals surface area contributed by atoms with E-state index in [0.717, 1.165) is 0 Å². The quantitative estimate of drug-likeness (QED) is 0.399. The first-order valence-corrected chi connectivity index (χ1v) is 9.57. The van der Waals surface area contributed by atoms with Gasteiger partial charge in [0.15, 0.2) is 0 Å². The Bertz CT molecular complexity index is 1110. The summed E-state index contributed by atoms with van der Waals surface area (Å²) in [5, 5.41) is 13.7. The molecule has 0 aliphatic heterocycles. The van der Waals surface area contributed by atoms with Crippen LogP contribution >= 0.6 is 0 Å². The second kappa shape index (κ2) is 10.3. The molecule has 0 aliphatic carbocycles. The third kappa shape index (κ3) is 5.55. The second-order valence-corrected chi connectivity index (χ2v) is 6.80. The van der Waals surface area contributed by atoms with Crippen LogP contribution in [-0.4, -0.2) is 42.5 Å². The molecule has 0 bridgehead atoms. The molecule has 3 aromatic rings. The number of pyridine rings is 2. The minimum absolute atomic E-state index is 0.119. The van der Waals surface area contributed by atoms with Crippen LogP contribution in [0.3, 0.4) is 0 Å². The Balaban J connectivity index is 1.70. The molecule has 3 rings (SSSR count). The Labute approximate surface area is 184 Å². The third-order valence-electron chi connectivity index (χ3n) is 4.60. The molecule has 0 saturated carbocycles. The van der Waals surface area contributed by atoms with E-state index in [1.54, 1.807) is 18.2 Å². The Morgan fingerprint density at radius 3 is 2.59 bits per heavy atom. The van der Waals surface area contributed by atoms with Crippen LogP contribution < -0.4 is 21.1 Å². The summed E-state index contributed by atoms with van der Waals surface area (Å²) in [6, 6.07) is 7.86. The van der Waals surface area contributed by atoms with E-state index in [9.17, 15) is 9.18 Å². The number of halogens is 1. The predicted octanol–water partition coefficient (Wildman–Crippen LogP) is 3.13. The molecule has 2 amide bonds. The molecule has 2 heterocycles. The number of nitrogens with one attached hydrogen (secondary N) is 3. The highest BCUT2D eigenvalue weighted by Crippen LogP contribution is 2.21. The number of ether oxygens (including phenoxy) is 2. The van der Waals surface area contributed by atoms with Gasteiger partial charge in [-0.1, -0.05) is 12.1 Å². The van der Waals surface area contributed by atoms with Crippen LogP contribution in [0.5, 0.6) is 5.75 Å². The van der Waals surface area contributed by atoms with Gasteiger partial charge in [-0.3, -0.25) is 15.7 Å². The molecular weight excluding hydrogens is 415 g/mol. The number of nitrogen functional groups attached to an aromatic ring is 1. The van der Waals surface area contributed by atoms with E-state index in [1.807, 2.05) is 0 Å². The van der Waals surface area contributed by atoms with Crippen molar-refractivity contribution < 1.29 is 18.7 Å². The summed E-state index contributed by atoms with van der Waals surface area (Å²) in [7, 11) is 3.02. The van der Waals surface area contributed by atoms with Crippen LogP contribution in [0, 0.1) is 11.2 Å². The maximum absolute atomic E-state index is 13.2. The van der Waals surface area contributed by atoms with Crippen LogP contribution in [-0.2, 0) is 4.74 Å². The number of rotatable bonds is 8. The van der Waals surface area contributed by atoms with Gasteiger partial charge in [0.2, 0.25) is 0 Å². The van der Waals surface area contributed by atoms with Gasteiger partial charge in [-0.05, 0) is 23.8 Å². The van der Waals surface area contributed by atoms with Crippen molar-refractivity contribution in [2.75, 3.05) is 31.9 Å². The molecule has 166 valence electrons. The smallest absolute Gasteiger partial charge is 0.320 e. The van der Waals surface area contributed by atoms with Gasteiger partial charge in [0.1, 0.15) is 17.4 Å². The molecule has 0 fully saturated rings. The summed E-state index contributed by atoms with van der Waals surface area (Å²) in [5.74, 6) is 0.348. The van der Waals surface area contributed by atoms with Gasteiger partial charge in [0, 0.05) is 42.4 Å². The van der Waals surface area contributed by atoms with Crippen molar-refractivity contribution in [2.45, 2.75) is 6.04 Å². The third-order valence-corrected chi connectivity index (χ3v) is 4.60. The summed E-state index contributed by atoms with van der Waals surface area (Å²) in [6.45, 7) is 0.194. The van der Waals surface area contributed by atoms with E-state index in [-0.39, 0.29) is 29.6 Å². The number of aromatic nitrogens is 2. The zero-order valence-electron chi connectivity index (χ0n) is 17.6. The zero-order valence-corrected chi connectivity index (χ0v) is 17.6. The molecule has 0 spiro atoms. The van der Waals surface area contributed by atoms with Crippen molar-refractivity contribution in [3.05, 3.63) is 77.5 Å². The summed E-state index contributed by atoms with van der Waals surface area (Å²) in [4.78, 5) is 20.7. The van der Waals surface area contributed by atoms with Gasteiger partial charge >= 0.3 is 6.03 Å². The molecular formula is C22H23FN6O3. The van der Waals surface area contributed by atoms with E-state index in [0.29, 0.717) is 22.4 Å². The highest BCUT2D eigenvalue weighted by molar-refractivity contribution is 6.13. The number of anilines is 2. The fourth-order valence-corrected chi connectivity index (χ4v) is 2.96. The zero-order chi connectivity index (χ0) is 23.1. The van der Waals surface area contributed by atoms with Crippen molar-refractivity contribution >= 4 is 23.2 Å². The van der Waals surface area contributed by atoms with E-state index in [4.69, 9.17) is 20.6 Å². The molecule has 0 aliphatic rings. The molecule has 1 unspecified atom stereocenters.